The SMILES string of the molecule is Cc1cc(F)c(NC(=O)CCCCCN)cc1F. The summed E-state index contributed by atoms with van der Waals surface area (Å²) >= 11 is 0. The maximum atomic E-state index is 13.4. The Kier molecular flexibility index (Phi) is 5.71. The molecule has 0 aliphatic rings. The molecule has 0 fully saturated rings. The molecular formula is C13H18F2N2O. The normalized spacial score (nSPS) is 10.4. The minimum absolute atomic E-state index is 0.109. The second kappa shape index (κ2) is 7.06. The fourth-order valence-corrected chi connectivity index (χ4v) is 1.56. The molecule has 100 valence electrons. The van der Waals surface area contributed by atoms with Crippen molar-refractivity contribution in [2.75, 3.05) is 11.9 Å². The number of anilines is 1. The molecule has 1 aromatic carbocycles. The molecule has 5 heteroatoms. The first-order chi connectivity index (χ1) is 8.54. The van der Waals surface area contributed by atoms with Crippen LogP contribution in [0, 0.1) is 18.6 Å². The van der Waals surface area contributed by atoms with Crippen LogP contribution in [-0.4, -0.2) is 12.5 Å². The molecule has 0 aliphatic heterocycles. The average molecular weight is 256 g/mol. The van der Waals surface area contributed by atoms with Crippen molar-refractivity contribution in [3.05, 3.63) is 29.3 Å². The molecule has 0 aromatic heterocycles. The highest BCUT2D eigenvalue weighted by molar-refractivity contribution is 5.90. The highest BCUT2D eigenvalue weighted by Crippen LogP contribution is 2.19. The summed E-state index contributed by atoms with van der Waals surface area (Å²) in [5, 5.41) is 2.37. The number of unbranched alkanes of at least 4 members (excludes halogenated alkanes) is 2. The van der Waals surface area contributed by atoms with E-state index in [1.165, 1.54) is 6.92 Å². The Balaban J connectivity index is 2.51. The van der Waals surface area contributed by atoms with Gasteiger partial charge in [-0.15, -0.1) is 0 Å². The molecule has 0 spiro atoms. The lowest BCUT2D eigenvalue weighted by Gasteiger charge is -2.07. The Morgan fingerprint density at radius 1 is 1.22 bits per heavy atom. The molecule has 0 heterocycles. The van der Waals surface area contributed by atoms with Crippen LogP contribution in [0.2, 0.25) is 0 Å². The molecule has 0 aliphatic carbocycles. The van der Waals surface area contributed by atoms with Crippen LogP contribution >= 0.6 is 0 Å². The fourth-order valence-electron chi connectivity index (χ4n) is 1.56. The minimum atomic E-state index is -0.621. The van der Waals surface area contributed by atoms with Gasteiger partial charge in [-0.1, -0.05) is 6.42 Å². The Morgan fingerprint density at radius 2 is 1.94 bits per heavy atom. The molecule has 0 atom stereocenters. The van der Waals surface area contributed by atoms with Crippen LogP contribution in [-0.2, 0) is 4.79 Å². The lowest BCUT2D eigenvalue weighted by Crippen LogP contribution is -2.13. The Bertz CT molecular complexity index is 422. The number of carbonyl (C=O) groups excluding carboxylic acids is 1. The molecule has 1 rings (SSSR count). The summed E-state index contributed by atoms with van der Waals surface area (Å²) in [4.78, 5) is 11.5. The standard InChI is InChI=1S/C13H18F2N2O/c1-9-7-11(15)12(8-10(9)14)17-13(18)5-3-2-4-6-16/h7-8H,2-6,16H2,1H3,(H,17,18). The number of rotatable bonds is 6. The second-order valence-electron chi connectivity index (χ2n) is 4.23. The topological polar surface area (TPSA) is 55.1 Å². The van der Waals surface area contributed by atoms with Gasteiger partial charge in [0.2, 0.25) is 5.91 Å². The molecule has 18 heavy (non-hydrogen) atoms. The van der Waals surface area contributed by atoms with Crippen molar-refractivity contribution in [3.8, 4) is 0 Å². The number of halogens is 2. The van der Waals surface area contributed by atoms with Gasteiger partial charge in [0.25, 0.3) is 0 Å². The van der Waals surface area contributed by atoms with Crippen molar-refractivity contribution in [3.63, 3.8) is 0 Å². The summed E-state index contributed by atoms with van der Waals surface area (Å²) in [7, 11) is 0. The number of nitrogens with two attached hydrogens (primary N) is 1. The zero-order chi connectivity index (χ0) is 13.5. The monoisotopic (exact) mass is 256 g/mol. The highest BCUT2D eigenvalue weighted by Gasteiger charge is 2.10. The maximum absolute atomic E-state index is 13.4. The molecule has 0 saturated heterocycles. The summed E-state index contributed by atoms with van der Waals surface area (Å²) < 4.78 is 26.7. The molecule has 0 unspecified atom stereocenters. The number of amides is 1. The number of hydrogen-bond donors (Lipinski definition) is 2. The zero-order valence-corrected chi connectivity index (χ0v) is 10.4. The highest BCUT2D eigenvalue weighted by atomic mass is 19.1. The van der Waals surface area contributed by atoms with Crippen LogP contribution in [0.5, 0.6) is 0 Å². The van der Waals surface area contributed by atoms with Crippen LogP contribution in [0.25, 0.3) is 0 Å². The van der Waals surface area contributed by atoms with Gasteiger partial charge in [0.05, 0.1) is 5.69 Å². The molecule has 0 saturated carbocycles. The van der Waals surface area contributed by atoms with E-state index in [2.05, 4.69) is 5.32 Å². The van der Waals surface area contributed by atoms with Crippen LogP contribution < -0.4 is 11.1 Å². The number of carbonyl (C=O) groups is 1. The van der Waals surface area contributed by atoms with E-state index in [0.717, 1.165) is 25.0 Å². The number of hydrogen-bond acceptors (Lipinski definition) is 2. The molecule has 3 N–H and O–H groups in total. The van der Waals surface area contributed by atoms with Gasteiger partial charge in [-0.25, -0.2) is 8.78 Å². The predicted octanol–water partition coefficient (Wildman–Crippen LogP) is 2.73. The lowest BCUT2D eigenvalue weighted by atomic mass is 10.1. The van der Waals surface area contributed by atoms with Gasteiger partial charge in [0.1, 0.15) is 11.6 Å². The van der Waals surface area contributed by atoms with Gasteiger partial charge in [0.15, 0.2) is 0 Å². The van der Waals surface area contributed by atoms with Gasteiger partial charge < -0.3 is 11.1 Å². The molecule has 3 nitrogen and oxygen atoms in total. The maximum Gasteiger partial charge on any atom is 0.224 e. The van der Waals surface area contributed by atoms with Crippen molar-refractivity contribution >= 4 is 11.6 Å². The first-order valence-corrected chi connectivity index (χ1v) is 6.00. The second-order valence-corrected chi connectivity index (χ2v) is 4.23. The summed E-state index contributed by atoms with van der Waals surface area (Å²) in [6, 6.07) is 2.07. The van der Waals surface area contributed by atoms with E-state index in [1.807, 2.05) is 0 Å². The molecule has 0 bridgehead atoms. The lowest BCUT2D eigenvalue weighted by molar-refractivity contribution is -0.116. The van der Waals surface area contributed by atoms with E-state index in [4.69, 9.17) is 5.73 Å². The van der Waals surface area contributed by atoms with E-state index in [-0.39, 0.29) is 23.6 Å². The van der Waals surface area contributed by atoms with Gasteiger partial charge in [-0.3, -0.25) is 4.79 Å². The molecule has 0 radical (unpaired) electrons. The van der Waals surface area contributed by atoms with Crippen molar-refractivity contribution in [1.29, 1.82) is 0 Å². The molecular weight excluding hydrogens is 238 g/mol. The number of aryl methyl sites for hydroxylation is 1. The Hall–Kier alpha value is -1.49. The largest absolute Gasteiger partial charge is 0.330 e. The van der Waals surface area contributed by atoms with Crippen molar-refractivity contribution in [2.24, 2.45) is 5.73 Å². The van der Waals surface area contributed by atoms with Gasteiger partial charge >= 0.3 is 0 Å². The fraction of sp³-hybridized carbons (Fsp3) is 0.462. The summed E-state index contributed by atoms with van der Waals surface area (Å²) in [5.74, 6) is -1.46. The van der Waals surface area contributed by atoms with Crippen molar-refractivity contribution in [1.82, 2.24) is 0 Å². The van der Waals surface area contributed by atoms with E-state index < -0.39 is 11.6 Å². The van der Waals surface area contributed by atoms with E-state index in [0.29, 0.717) is 13.0 Å². The Morgan fingerprint density at radius 3 is 2.61 bits per heavy atom. The number of benzene rings is 1. The average Bonchev–Trinajstić information content (AvgIpc) is 2.32. The summed E-state index contributed by atoms with van der Waals surface area (Å²) in [6.07, 6.45) is 2.70. The number of nitrogens with one attached hydrogen (secondary N) is 1. The van der Waals surface area contributed by atoms with Crippen LogP contribution in [0.3, 0.4) is 0 Å². The summed E-state index contributed by atoms with van der Waals surface area (Å²) in [5.41, 5.74) is 5.43. The van der Waals surface area contributed by atoms with Gasteiger partial charge in [-0.2, -0.15) is 0 Å². The first kappa shape index (κ1) is 14.6. The minimum Gasteiger partial charge on any atom is -0.330 e. The third-order valence-electron chi connectivity index (χ3n) is 2.63. The van der Waals surface area contributed by atoms with Gasteiger partial charge in [0, 0.05) is 12.5 Å². The zero-order valence-electron chi connectivity index (χ0n) is 10.4. The van der Waals surface area contributed by atoms with Crippen LogP contribution in [0.1, 0.15) is 31.2 Å². The quantitative estimate of drug-likeness (QED) is 0.769. The van der Waals surface area contributed by atoms with Crippen LogP contribution in [0.15, 0.2) is 12.1 Å². The third-order valence-corrected chi connectivity index (χ3v) is 2.63. The van der Waals surface area contributed by atoms with Crippen molar-refractivity contribution < 1.29 is 13.6 Å². The predicted molar refractivity (Wildman–Crippen MR) is 67.2 cm³/mol. The van der Waals surface area contributed by atoms with E-state index >= 15 is 0 Å². The van der Waals surface area contributed by atoms with E-state index in [9.17, 15) is 13.6 Å². The summed E-state index contributed by atoms with van der Waals surface area (Å²) in [6.45, 7) is 2.07. The van der Waals surface area contributed by atoms with Crippen molar-refractivity contribution in [2.45, 2.75) is 32.6 Å². The first-order valence-electron chi connectivity index (χ1n) is 6.00. The Labute approximate surface area is 105 Å². The van der Waals surface area contributed by atoms with E-state index in [1.54, 1.807) is 0 Å². The van der Waals surface area contributed by atoms with Gasteiger partial charge in [-0.05, 0) is 37.9 Å². The molecule has 1 amide bonds. The molecule has 1 aromatic rings. The third kappa shape index (κ3) is 4.41. The van der Waals surface area contributed by atoms with Crippen LogP contribution in [0.4, 0.5) is 14.5 Å². The smallest absolute Gasteiger partial charge is 0.224 e.